The van der Waals surface area contributed by atoms with Gasteiger partial charge in [-0.2, -0.15) is 0 Å². The molecule has 0 saturated heterocycles. The molecule has 19 heteroatoms. The third-order valence-electron chi connectivity index (χ3n) is 3.76. The minimum Gasteiger partial charge on any atom is -0.416 e. The van der Waals surface area contributed by atoms with Crippen LogP contribution < -0.4 is 0 Å². The van der Waals surface area contributed by atoms with Crippen LogP contribution in [0.3, 0.4) is 0 Å². The van der Waals surface area contributed by atoms with Gasteiger partial charge in [0, 0.05) is 110 Å². The first-order chi connectivity index (χ1) is 10.1. The third-order valence-corrected chi connectivity index (χ3v) is 3.76. The first-order valence-electron chi connectivity index (χ1n) is 7.22. The van der Waals surface area contributed by atoms with Crippen molar-refractivity contribution in [2.75, 3.05) is 0 Å². The fraction of sp³-hybridized carbons (Fsp3) is 1.00. The van der Waals surface area contributed by atoms with Gasteiger partial charge in [-0.15, -0.1) is 0 Å². The summed E-state index contributed by atoms with van der Waals surface area (Å²) >= 11 is 0. The molecule has 0 aromatic rings. The molecule has 0 aromatic heterocycles. The molecule has 0 aliphatic heterocycles. The number of nitrogens with zero attached hydrogens (tertiary/aromatic N) is 1. The minimum atomic E-state index is -0.864. The van der Waals surface area contributed by atoms with Gasteiger partial charge in [-0.3, -0.25) is 0 Å². The van der Waals surface area contributed by atoms with Crippen LogP contribution in [0, 0.1) is 0 Å². The summed E-state index contributed by atoms with van der Waals surface area (Å²) in [5.74, 6) is -0.367. The number of hydrogen-bond donors (Lipinski definition) is 0. The normalized spacial score (nSPS) is 11.4. The fourth-order valence-corrected chi connectivity index (χ4v) is 2.66. The van der Waals surface area contributed by atoms with Crippen LogP contribution in [0.15, 0.2) is 0 Å². The molecule has 77 valence electrons. The largest absolute Gasteiger partial charge is 0.416 e. The van der Waals surface area contributed by atoms with Gasteiger partial charge >= 0.3 is 0 Å². The Bertz CT molecular complexity index is 284. The average Bonchev–Trinajstić information content (AvgIpc) is 2.38. The zero-order chi connectivity index (χ0) is 17.6. The second-order valence-corrected chi connectivity index (χ2v) is 5.48. The van der Waals surface area contributed by atoms with E-state index in [1.54, 1.807) is 4.72 Å². The average molecular weight is 251 g/mol. The molecular formula is C3H6B18N. The van der Waals surface area contributed by atoms with E-state index in [0.717, 1.165) is 0 Å². The zero-order valence-corrected chi connectivity index (χ0v) is 13.1. The summed E-state index contributed by atoms with van der Waals surface area (Å²) < 4.78 is 1.73. The smallest absolute Gasteiger partial charge is 0.104 e. The van der Waals surface area contributed by atoms with E-state index in [1.807, 2.05) is 6.92 Å². The monoisotopic (exact) mass is 254 g/mol. The third kappa shape index (κ3) is 6.21. The maximum atomic E-state index is 6.11. The zero-order valence-electron chi connectivity index (χ0n) is 13.1. The molecule has 21 radical (unpaired) electrons. The number of hydrogen-bond acceptors (Lipinski definition) is 1. The van der Waals surface area contributed by atoms with Crippen LogP contribution in [0.1, 0.15) is 13.3 Å². The lowest BCUT2D eigenvalue weighted by atomic mass is 8.72. The van der Waals surface area contributed by atoms with Crippen LogP contribution in [-0.4, -0.2) is 140 Å². The lowest BCUT2D eigenvalue weighted by Crippen LogP contribution is -2.76. The standard InChI is InChI=1S/C3H6B18N/c1-2-3(15(5)16(6)7)22(20(14-4)17(8)9)21(18(10)11)19(12)13/h3H,2H2,1H3. The Labute approximate surface area is 153 Å². The second-order valence-electron chi connectivity index (χ2n) is 5.48. The predicted octanol–water partition coefficient (Wildman–Crippen LogP) is -6.35. The molecule has 0 aliphatic rings. The van der Waals surface area contributed by atoms with Crippen molar-refractivity contribution in [3.8, 4) is 0 Å². The van der Waals surface area contributed by atoms with Crippen LogP contribution in [0.2, 0.25) is 0 Å². The van der Waals surface area contributed by atoms with Crippen molar-refractivity contribution < 1.29 is 0 Å². The molecular weight excluding hydrogens is 245 g/mol. The van der Waals surface area contributed by atoms with Crippen molar-refractivity contribution in [3.05, 3.63) is 0 Å². The van der Waals surface area contributed by atoms with Gasteiger partial charge in [0.05, 0.1) is 6.49 Å². The lowest BCUT2D eigenvalue weighted by molar-refractivity contribution is 0.592. The number of rotatable bonds is 10. The van der Waals surface area contributed by atoms with Gasteiger partial charge < -0.3 is 4.72 Å². The topological polar surface area (TPSA) is 3.24 Å². The molecule has 0 spiro atoms. The van der Waals surface area contributed by atoms with Crippen molar-refractivity contribution in [3.63, 3.8) is 0 Å². The Morgan fingerprint density at radius 3 is 1.50 bits per heavy atom. The Hall–Kier alpha value is 1.13. The quantitative estimate of drug-likeness (QED) is 0.349. The van der Waals surface area contributed by atoms with Crippen LogP contribution in [0.25, 0.3) is 0 Å². The van der Waals surface area contributed by atoms with Crippen molar-refractivity contribution in [2.45, 2.75) is 19.3 Å². The molecule has 0 N–H and O–H groups in total. The van der Waals surface area contributed by atoms with E-state index in [4.69, 9.17) is 77.4 Å². The van der Waals surface area contributed by atoms with Crippen LogP contribution in [0.5, 0.6) is 0 Å². The Morgan fingerprint density at radius 1 is 0.818 bits per heavy atom. The van der Waals surface area contributed by atoms with Crippen molar-refractivity contribution in [1.29, 1.82) is 0 Å². The highest BCUT2D eigenvalue weighted by atomic mass is 15.0. The summed E-state index contributed by atoms with van der Waals surface area (Å²) in [5, 5.41) is 0. The Balaban J connectivity index is 5.83. The summed E-state index contributed by atoms with van der Waals surface area (Å²) in [6.45, 7) is 0.0146. The van der Waals surface area contributed by atoms with Gasteiger partial charge in [-0.05, 0) is 0 Å². The van der Waals surface area contributed by atoms with E-state index in [-0.39, 0.29) is 5.94 Å². The van der Waals surface area contributed by atoms with Gasteiger partial charge in [0.25, 0.3) is 0 Å². The van der Waals surface area contributed by atoms with Crippen LogP contribution in [-0.2, 0) is 0 Å². The first-order valence-corrected chi connectivity index (χ1v) is 7.22. The van der Waals surface area contributed by atoms with E-state index < -0.39 is 45.3 Å². The lowest BCUT2D eigenvalue weighted by Gasteiger charge is -2.50. The molecule has 0 heterocycles. The molecule has 0 aromatic carbocycles. The summed E-state index contributed by atoms with van der Waals surface area (Å²) in [6, 6.07) is 0. The van der Waals surface area contributed by atoms with Crippen LogP contribution >= 0.6 is 0 Å². The summed E-state index contributed by atoms with van der Waals surface area (Å²) in [6.07, 6.45) is -2.75. The van der Waals surface area contributed by atoms with Crippen molar-refractivity contribution >= 4 is 130 Å². The minimum absolute atomic E-state index is 0.367. The molecule has 1 unspecified atom stereocenters. The van der Waals surface area contributed by atoms with E-state index >= 15 is 0 Å². The molecule has 22 heavy (non-hydrogen) atoms. The Kier molecular flexibility index (Phi) is 11.4. The highest BCUT2D eigenvalue weighted by Crippen LogP contribution is 2.14. The van der Waals surface area contributed by atoms with Gasteiger partial charge in [0.2, 0.25) is 0 Å². The van der Waals surface area contributed by atoms with Crippen molar-refractivity contribution in [1.82, 2.24) is 4.72 Å². The molecule has 0 amide bonds. The van der Waals surface area contributed by atoms with Gasteiger partial charge in [0.15, 0.2) is 0 Å². The molecule has 0 aliphatic carbocycles. The maximum Gasteiger partial charge on any atom is 0.104 e. The molecule has 1 atom stereocenters. The maximum absolute atomic E-state index is 6.11. The highest BCUT2D eigenvalue weighted by Gasteiger charge is 2.40. The second kappa shape index (κ2) is 10.9. The first kappa shape index (κ1) is 23.1. The Morgan fingerprint density at radius 2 is 1.27 bits per heavy atom. The highest BCUT2D eigenvalue weighted by molar-refractivity contribution is 7.83. The molecule has 0 fully saturated rings. The van der Waals surface area contributed by atoms with Gasteiger partial charge in [0.1, 0.15) is 13.3 Å². The molecule has 0 bridgehead atoms. The molecule has 0 rings (SSSR count). The fourth-order valence-electron chi connectivity index (χ4n) is 2.66. The van der Waals surface area contributed by atoms with Crippen molar-refractivity contribution in [2.24, 2.45) is 0 Å². The predicted molar refractivity (Wildman–Crippen MR) is 119 cm³/mol. The summed E-state index contributed by atoms with van der Waals surface area (Å²) in [5.41, 5.74) is 0. The van der Waals surface area contributed by atoms with E-state index in [1.165, 1.54) is 7.06 Å². The van der Waals surface area contributed by atoms with Crippen LogP contribution in [0.4, 0.5) is 0 Å². The summed E-state index contributed by atoms with van der Waals surface area (Å²) in [4.78, 5) is 0. The summed E-state index contributed by atoms with van der Waals surface area (Å²) in [7, 11) is 59.5. The molecule has 0 saturated carbocycles. The van der Waals surface area contributed by atoms with E-state index in [0.29, 0.717) is 6.42 Å². The van der Waals surface area contributed by atoms with E-state index in [2.05, 4.69) is 0 Å². The SMILES string of the molecule is [B][B]B(B([B])[B])N(B(B([B])[B])B([B])[B])C(CC)B([B])B([B])[B]. The molecule has 1 nitrogen and oxygen atoms in total. The van der Waals surface area contributed by atoms with Gasteiger partial charge in [-0.1, -0.05) is 19.3 Å². The van der Waals surface area contributed by atoms with Gasteiger partial charge in [-0.25, -0.2) is 0 Å². The van der Waals surface area contributed by atoms with E-state index in [9.17, 15) is 0 Å².